The molecular weight excluding hydrogens is 397 g/mol. The Morgan fingerprint density at radius 2 is 1.97 bits per heavy atom. The van der Waals surface area contributed by atoms with Gasteiger partial charge in [-0.2, -0.15) is 0 Å². The molecule has 0 unspecified atom stereocenters. The van der Waals surface area contributed by atoms with Crippen LogP contribution in [0.1, 0.15) is 42.0 Å². The first-order valence-corrected chi connectivity index (χ1v) is 9.78. The van der Waals surface area contributed by atoms with Crippen LogP contribution in [0.2, 0.25) is 0 Å². The molecule has 1 aromatic heterocycles. The number of nitrogens with one attached hydrogen (secondary N) is 1. The number of aromatic nitrogens is 2. The Hall–Kier alpha value is -2.97. The lowest BCUT2D eigenvalue weighted by Crippen LogP contribution is -2.49. The van der Waals surface area contributed by atoms with Gasteiger partial charge in [0, 0.05) is 30.5 Å². The number of carbonyl (C=O) groups is 2. The Bertz CT molecular complexity index is 982. The molecule has 0 bridgehead atoms. The number of nitrogens with zero attached hydrogens (tertiary/aromatic N) is 3. The van der Waals surface area contributed by atoms with Crippen molar-refractivity contribution in [2.75, 3.05) is 11.4 Å². The first kappa shape index (κ1) is 20.3. The number of carbonyl (C=O) groups excluding carboxylic acids is 2. The van der Waals surface area contributed by atoms with Gasteiger partial charge in [0.25, 0.3) is 5.91 Å². The van der Waals surface area contributed by atoms with Gasteiger partial charge in [0.1, 0.15) is 29.3 Å². The van der Waals surface area contributed by atoms with Crippen molar-refractivity contribution in [1.29, 1.82) is 0 Å². The molecule has 1 aliphatic heterocycles. The van der Waals surface area contributed by atoms with Crippen molar-refractivity contribution in [3.05, 3.63) is 53.6 Å². The molecule has 2 aliphatic rings. The second kappa shape index (κ2) is 7.70. The second-order valence-corrected chi connectivity index (χ2v) is 8.02. The van der Waals surface area contributed by atoms with Gasteiger partial charge in [-0.25, -0.2) is 23.1 Å². The van der Waals surface area contributed by atoms with Crippen LogP contribution >= 0.6 is 0 Å². The van der Waals surface area contributed by atoms with Gasteiger partial charge in [-0.15, -0.1) is 0 Å². The predicted octanol–water partition coefficient (Wildman–Crippen LogP) is 3.11. The van der Waals surface area contributed by atoms with Crippen LogP contribution in [0.4, 0.5) is 18.9 Å². The van der Waals surface area contributed by atoms with Gasteiger partial charge in [0.2, 0.25) is 5.91 Å². The summed E-state index contributed by atoms with van der Waals surface area (Å²) in [6.45, 7) is 1.89. The third-order valence-electron chi connectivity index (χ3n) is 5.81. The number of hydrogen-bond donors (Lipinski definition) is 1. The minimum absolute atomic E-state index is 0.0269. The van der Waals surface area contributed by atoms with Gasteiger partial charge < -0.3 is 10.2 Å². The zero-order valence-corrected chi connectivity index (χ0v) is 16.4. The average molecular weight is 418 g/mol. The van der Waals surface area contributed by atoms with E-state index in [0.29, 0.717) is 12.2 Å². The Labute approximate surface area is 171 Å². The van der Waals surface area contributed by atoms with E-state index in [1.54, 1.807) is 6.92 Å². The van der Waals surface area contributed by atoms with E-state index in [1.165, 1.54) is 17.2 Å². The van der Waals surface area contributed by atoms with E-state index >= 15 is 0 Å². The molecule has 2 fully saturated rings. The van der Waals surface area contributed by atoms with Crippen molar-refractivity contribution in [2.45, 2.75) is 44.8 Å². The quantitative estimate of drug-likeness (QED) is 0.831. The zero-order chi connectivity index (χ0) is 21.5. The zero-order valence-electron chi connectivity index (χ0n) is 16.4. The van der Waals surface area contributed by atoms with Gasteiger partial charge in [-0.05, 0) is 50.8 Å². The Kier molecular flexibility index (Phi) is 5.21. The van der Waals surface area contributed by atoms with E-state index in [-0.39, 0.29) is 43.1 Å². The van der Waals surface area contributed by atoms with Crippen LogP contribution < -0.4 is 10.2 Å². The smallest absolute Gasteiger partial charge is 0.270 e. The molecule has 6 nitrogen and oxygen atoms in total. The highest BCUT2D eigenvalue weighted by Crippen LogP contribution is 2.47. The number of hydrogen-bond acceptors (Lipinski definition) is 4. The summed E-state index contributed by atoms with van der Waals surface area (Å²) in [5, 5.41) is 2.78. The number of amides is 2. The minimum Gasteiger partial charge on any atom is -0.348 e. The number of benzene rings is 1. The Morgan fingerprint density at radius 1 is 1.23 bits per heavy atom. The highest BCUT2D eigenvalue weighted by atomic mass is 19.1. The molecule has 2 aromatic rings. The largest absolute Gasteiger partial charge is 0.348 e. The van der Waals surface area contributed by atoms with Gasteiger partial charge >= 0.3 is 0 Å². The molecule has 2 heterocycles. The number of halogens is 3. The number of rotatable bonds is 3. The van der Waals surface area contributed by atoms with Crippen molar-refractivity contribution in [1.82, 2.24) is 15.3 Å². The lowest BCUT2D eigenvalue weighted by molar-refractivity contribution is -0.128. The highest BCUT2D eigenvalue weighted by Gasteiger charge is 2.52. The lowest BCUT2D eigenvalue weighted by atomic mass is 9.70. The number of anilines is 1. The van der Waals surface area contributed by atoms with Crippen LogP contribution in [0.25, 0.3) is 0 Å². The molecule has 1 saturated carbocycles. The summed E-state index contributed by atoms with van der Waals surface area (Å²) in [7, 11) is 0. The van der Waals surface area contributed by atoms with Crippen molar-refractivity contribution < 1.29 is 22.8 Å². The fourth-order valence-electron chi connectivity index (χ4n) is 4.55. The topological polar surface area (TPSA) is 75.2 Å². The van der Waals surface area contributed by atoms with Crippen molar-refractivity contribution in [3.63, 3.8) is 0 Å². The SMILES string of the molecule is Cc1nccc(C(=O)N[C@@H]2C[C@@H](F)C[C@@]3(CCN(c4cc(F)cc(F)c4)C3=O)C2)n1. The van der Waals surface area contributed by atoms with E-state index in [2.05, 4.69) is 15.3 Å². The van der Waals surface area contributed by atoms with Crippen LogP contribution in [0.5, 0.6) is 0 Å². The molecule has 158 valence electrons. The van der Waals surface area contributed by atoms with Crippen molar-refractivity contribution >= 4 is 17.5 Å². The normalized spacial score (nSPS) is 26.3. The summed E-state index contributed by atoms with van der Waals surface area (Å²) in [6, 6.07) is 3.83. The molecule has 1 saturated heterocycles. The Morgan fingerprint density at radius 3 is 2.67 bits per heavy atom. The molecule has 1 N–H and O–H groups in total. The molecule has 30 heavy (non-hydrogen) atoms. The standard InChI is InChI=1S/C21H21F3N4O2/c1-12-25-4-2-18(26-12)19(29)27-16-7-15(24)10-21(11-16)3-5-28(20(21)30)17-8-13(22)6-14(23)9-17/h2,4,6,8-9,15-16H,3,5,7,10-11H2,1H3,(H,27,29)/t15-,16-,21+/m1/s1. The molecular formula is C21H21F3N4O2. The minimum atomic E-state index is -1.27. The van der Waals surface area contributed by atoms with E-state index < -0.39 is 35.2 Å². The van der Waals surface area contributed by atoms with Gasteiger partial charge in [-0.1, -0.05) is 0 Å². The van der Waals surface area contributed by atoms with Crippen molar-refractivity contribution in [3.8, 4) is 0 Å². The van der Waals surface area contributed by atoms with E-state index in [0.717, 1.165) is 18.2 Å². The molecule has 1 aromatic carbocycles. The summed E-state index contributed by atoms with van der Waals surface area (Å²) >= 11 is 0. The summed E-state index contributed by atoms with van der Waals surface area (Å²) in [6.07, 6.45) is 0.927. The maximum Gasteiger partial charge on any atom is 0.270 e. The first-order valence-electron chi connectivity index (χ1n) is 9.78. The van der Waals surface area contributed by atoms with Crippen molar-refractivity contribution in [2.24, 2.45) is 5.41 Å². The van der Waals surface area contributed by atoms with Gasteiger partial charge in [0.05, 0.1) is 5.41 Å². The summed E-state index contributed by atoms with van der Waals surface area (Å²) in [5.41, 5.74) is -0.723. The lowest BCUT2D eigenvalue weighted by Gasteiger charge is -2.38. The van der Waals surface area contributed by atoms with Crippen LogP contribution in [0, 0.1) is 24.0 Å². The first-order chi connectivity index (χ1) is 14.3. The van der Waals surface area contributed by atoms with E-state index in [1.807, 2.05) is 0 Å². The maximum atomic E-state index is 14.6. The van der Waals surface area contributed by atoms with Crippen LogP contribution in [0.3, 0.4) is 0 Å². The third kappa shape index (κ3) is 3.88. The summed E-state index contributed by atoms with van der Waals surface area (Å²) in [5.74, 6) is -1.95. The fourth-order valence-corrected chi connectivity index (χ4v) is 4.55. The van der Waals surface area contributed by atoms with Crippen LogP contribution in [-0.4, -0.2) is 40.5 Å². The number of alkyl halides is 1. The molecule has 4 rings (SSSR count). The molecule has 3 atom stereocenters. The molecule has 2 amide bonds. The third-order valence-corrected chi connectivity index (χ3v) is 5.81. The van der Waals surface area contributed by atoms with E-state index in [9.17, 15) is 22.8 Å². The van der Waals surface area contributed by atoms with Gasteiger partial charge in [-0.3, -0.25) is 9.59 Å². The Balaban J connectivity index is 1.52. The fraction of sp³-hybridized carbons (Fsp3) is 0.429. The molecule has 1 spiro atoms. The second-order valence-electron chi connectivity index (χ2n) is 8.02. The number of aryl methyl sites for hydroxylation is 1. The van der Waals surface area contributed by atoms with Crippen LogP contribution in [-0.2, 0) is 4.79 Å². The maximum absolute atomic E-state index is 14.6. The predicted molar refractivity (Wildman–Crippen MR) is 103 cm³/mol. The molecule has 0 radical (unpaired) electrons. The van der Waals surface area contributed by atoms with E-state index in [4.69, 9.17) is 0 Å². The highest BCUT2D eigenvalue weighted by molar-refractivity contribution is 6.00. The van der Waals surface area contributed by atoms with Gasteiger partial charge in [0.15, 0.2) is 0 Å². The van der Waals surface area contributed by atoms with Crippen LogP contribution in [0.15, 0.2) is 30.5 Å². The molecule has 1 aliphatic carbocycles. The molecule has 9 heteroatoms. The summed E-state index contributed by atoms with van der Waals surface area (Å²) in [4.78, 5) is 35.0. The monoisotopic (exact) mass is 418 g/mol. The summed E-state index contributed by atoms with van der Waals surface area (Å²) < 4.78 is 41.8. The average Bonchev–Trinajstić information content (AvgIpc) is 2.96.